The van der Waals surface area contributed by atoms with E-state index in [1.807, 2.05) is 52.8 Å². The Kier molecular flexibility index (Phi) is 6.89. The summed E-state index contributed by atoms with van der Waals surface area (Å²) in [6.07, 6.45) is 0. The molecular formula is C21H27NO4. The van der Waals surface area contributed by atoms with Crippen molar-refractivity contribution in [1.82, 2.24) is 0 Å². The molecule has 0 saturated heterocycles. The first-order chi connectivity index (χ1) is 12.5. The normalized spacial score (nSPS) is 10.3. The van der Waals surface area contributed by atoms with Crippen LogP contribution in [0.4, 0.5) is 5.69 Å². The number of hydrogen-bond donors (Lipinski definition) is 1. The summed E-state index contributed by atoms with van der Waals surface area (Å²) in [4.78, 5) is 12.8. The van der Waals surface area contributed by atoms with Crippen LogP contribution in [-0.2, 0) is 0 Å². The van der Waals surface area contributed by atoms with E-state index in [-0.39, 0.29) is 5.91 Å². The second-order valence-electron chi connectivity index (χ2n) is 5.82. The lowest BCUT2D eigenvalue weighted by Gasteiger charge is -2.17. The summed E-state index contributed by atoms with van der Waals surface area (Å²) in [6, 6.07) is 9.30. The van der Waals surface area contributed by atoms with Crippen molar-refractivity contribution in [2.45, 2.75) is 34.6 Å². The molecule has 0 aliphatic rings. The van der Waals surface area contributed by atoms with E-state index in [1.54, 1.807) is 12.1 Å². The molecule has 140 valence electrons. The first-order valence-electron chi connectivity index (χ1n) is 8.95. The zero-order valence-electron chi connectivity index (χ0n) is 16.1. The van der Waals surface area contributed by atoms with Crippen molar-refractivity contribution in [3.8, 4) is 17.2 Å². The molecular weight excluding hydrogens is 330 g/mol. The van der Waals surface area contributed by atoms with Gasteiger partial charge in [-0.1, -0.05) is 18.2 Å². The molecule has 5 nitrogen and oxygen atoms in total. The van der Waals surface area contributed by atoms with E-state index in [0.717, 1.165) is 16.8 Å². The fraction of sp³-hybridized carbons (Fsp3) is 0.381. The van der Waals surface area contributed by atoms with E-state index in [2.05, 4.69) is 5.32 Å². The van der Waals surface area contributed by atoms with E-state index in [4.69, 9.17) is 14.2 Å². The Hall–Kier alpha value is -2.69. The average Bonchev–Trinajstić information content (AvgIpc) is 2.61. The standard InChI is InChI=1S/C21H27NO4/c1-6-24-17-12-16(13-18(25-7-2)20(17)26-8-3)21(23)22-19-14(4)10-9-11-15(19)5/h9-13H,6-8H2,1-5H3,(H,22,23). The van der Waals surface area contributed by atoms with E-state index < -0.39 is 0 Å². The number of rotatable bonds is 8. The lowest BCUT2D eigenvalue weighted by Crippen LogP contribution is -2.15. The molecule has 2 rings (SSSR count). The van der Waals surface area contributed by atoms with Crippen LogP contribution in [0, 0.1) is 13.8 Å². The average molecular weight is 357 g/mol. The third kappa shape index (κ3) is 4.48. The predicted octanol–water partition coefficient (Wildman–Crippen LogP) is 4.75. The largest absolute Gasteiger partial charge is 0.490 e. The van der Waals surface area contributed by atoms with Gasteiger partial charge in [-0.15, -0.1) is 0 Å². The summed E-state index contributed by atoms with van der Waals surface area (Å²) in [5.41, 5.74) is 3.31. The van der Waals surface area contributed by atoms with Gasteiger partial charge in [-0.2, -0.15) is 0 Å². The molecule has 2 aromatic rings. The number of nitrogens with one attached hydrogen (secondary N) is 1. The number of anilines is 1. The number of hydrogen-bond acceptors (Lipinski definition) is 4. The molecule has 1 amide bonds. The van der Waals surface area contributed by atoms with Gasteiger partial charge in [0.1, 0.15) is 0 Å². The van der Waals surface area contributed by atoms with Gasteiger partial charge in [-0.25, -0.2) is 0 Å². The second kappa shape index (κ2) is 9.13. The zero-order valence-corrected chi connectivity index (χ0v) is 16.1. The number of amides is 1. The molecule has 0 aromatic heterocycles. The minimum Gasteiger partial charge on any atom is -0.490 e. The highest BCUT2D eigenvalue weighted by Crippen LogP contribution is 2.39. The number of ether oxygens (including phenoxy) is 3. The smallest absolute Gasteiger partial charge is 0.255 e. The summed E-state index contributed by atoms with van der Waals surface area (Å²) in [5.74, 6) is 1.33. The zero-order chi connectivity index (χ0) is 19.1. The molecule has 0 bridgehead atoms. The monoisotopic (exact) mass is 357 g/mol. The van der Waals surface area contributed by atoms with E-state index in [9.17, 15) is 4.79 Å². The maximum Gasteiger partial charge on any atom is 0.255 e. The van der Waals surface area contributed by atoms with Crippen molar-refractivity contribution in [3.05, 3.63) is 47.0 Å². The molecule has 0 atom stereocenters. The molecule has 0 unspecified atom stereocenters. The van der Waals surface area contributed by atoms with Crippen LogP contribution >= 0.6 is 0 Å². The Bertz CT molecular complexity index is 723. The summed E-state index contributed by atoms with van der Waals surface area (Å²) >= 11 is 0. The Labute approximate surface area is 155 Å². The molecule has 1 N–H and O–H groups in total. The summed E-state index contributed by atoms with van der Waals surface area (Å²) in [6.45, 7) is 11.0. The van der Waals surface area contributed by atoms with Gasteiger partial charge < -0.3 is 19.5 Å². The van der Waals surface area contributed by atoms with Crippen LogP contribution < -0.4 is 19.5 Å². The number of benzene rings is 2. The maximum atomic E-state index is 12.8. The molecule has 0 saturated carbocycles. The van der Waals surface area contributed by atoms with Crippen LogP contribution in [0.3, 0.4) is 0 Å². The van der Waals surface area contributed by atoms with Gasteiger partial charge in [0.25, 0.3) is 5.91 Å². The van der Waals surface area contributed by atoms with Crippen molar-refractivity contribution in [2.24, 2.45) is 0 Å². The molecule has 5 heteroatoms. The van der Waals surface area contributed by atoms with Gasteiger partial charge in [0.15, 0.2) is 11.5 Å². The van der Waals surface area contributed by atoms with Crippen LogP contribution in [0.15, 0.2) is 30.3 Å². The minimum absolute atomic E-state index is 0.215. The predicted molar refractivity (Wildman–Crippen MR) is 104 cm³/mol. The fourth-order valence-corrected chi connectivity index (χ4v) is 2.72. The molecule has 2 aromatic carbocycles. The van der Waals surface area contributed by atoms with Crippen molar-refractivity contribution < 1.29 is 19.0 Å². The highest BCUT2D eigenvalue weighted by molar-refractivity contribution is 6.05. The van der Waals surface area contributed by atoms with E-state index in [0.29, 0.717) is 42.6 Å². The first-order valence-corrected chi connectivity index (χ1v) is 8.95. The van der Waals surface area contributed by atoms with Gasteiger partial charge in [-0.3, -0.25) is 4.79 Å². The molecule has 0 fully saturated rings. The van der Waals surface area contributed by atoms with E-state index >= 15 is 0 Å². The Morgan fingerprint density at radius 2 is 1.38 bits per heavy atom. The van der Waals surface area contributed by atoms with Crippen LogP contribution in [0.2, 0.25) is 0 Å². The Morgan fingerprint density at radius 3 is 1.85 bits per heavy atom. The first kappa shape index (κ1) is 19.6. The lowest BCUT2D eigenvalue weighted by atomic mass is 10.1. The van der Waals surface area contributed by atoms with Crippen LogP contribution in [-0.4, -0.2) is 25.7 Å². The topological polar surface area (TPSA) is 56.8 Å². The lowest BCUT2D eigenvalue weighted by molar-refractivity contribution is 0.102. The van der Waals surface area contributed by atoms with Crippen LogP contribution in [0.25, 0.3) is 0 Å². The highest BCUT2D eigenvalue weighted by Gasteiger charge is 2.19. The van der Waals surface area contributed by atoms with Gasteiger partial charge in [0.2, 0.25) is 5.75 Å². The SMILES string of the molecule is CCOc1cc(C(=O)Nc2c(C)cccc2C)cc(OCC)c1OCC. The third-order valence-corrected chi connectivity index (χ3v) is 3.89. The van der Waals surface area contributed by atoms with Gasteiger partial charge in [-0.05, 0) is 57.9 Å². The highest BCUT2D eigenvalue weighted by atomic mass is 16.5. The van der Waals surface area contributed by atoms with Crippen molar-refractivity contribution in [2.75, 3.05) is 25.1 Å². The van der Waals surface area contributed by atoms with E-state index in [1.165, 1.54) is 0 Å². The Balaban J connectivity index is 2.42. The number of aryl methyl sites for hydroxylation is 2. The van der Waals surface area contributed by atoms with Crippen molar-refractivity contribution in [3.63, 3.8) is 0 Å². The molecule has 0 heterocycles. The van der Waals surface area contributed by atoms with Crippen molar-refractivity contribution in [1.29, 1.82) is 0 Å². The number of para-hydroxylation sites is 1. The van der Waals surface area contributed by atoms with Gasteiger partial charge in [0, 0.05) is 11.3 Å². The molecule has 26 heavy (non-hydrogen) atoms. The molecule has 0 spiro atoms. The molecule has 0 aliphatic carbocycles. The fourth-order valence-electron chi connectivity index (χ4n) is 2.72. The van der Waals surface area contributed by atoms with Crippen LogP contribution in [0.1, 0.15) is 42.3 Å². The second-order valence-corrected chi connectivity index (χ2v) is 5.82. The Morgan fingerprint density at radius 1 is 0.885 bits per heavy atom. The van der Waals surface area contributed by atoms with Gasteiger partial charge >= 0.3 is 0 Å². The van der Waals surface area contributed by atoms with Crippen molar-refractivity contribution >= 4 is 11.6 Å². The third-order valence-electron chi connectivity index (χ3n) is 3.89. The van der Waals surface area contributed by atoms with Crippen LogP contribution in [0.5, 0.6) is 17.2 Å². The summed E-state index contributed by atoms with van der Waals surface area (Å²) in [7, 11) is 0. The molecule has 0 radical (unpaired) electrons. The molecule has 0 aliphatic heterocycles. The number of carbonyl (C=O) groups excluding carboxylic acids is 1. The summed E-state index contributed by atoms with van der Waals surface area (Å²) < 4.78 is 17.0. The maximum absolute atomic E-state index is 12.8. The van der Waals surface area contributed by atoms with Gasteiger partial charge in [0.05, 0.1) is 19.8 Å². The quantitative estimate of drug-likeness (QED) is 0.740. The summed E-state index contributed by atoms with van der Waals surface area (Å²) in [5, 5.41) is 2.99. The number of carbonyl (C=O) groups is 1. The minimum atomic E-state index is -0.215.